The lowest BCUT2D eigenvalue weighted by atomic mass is 10.1. The molecule has 0 saturated heterocycles. The predicted octanol–water partition coefficient (Wildman–Crippen LogP) is 7.78. The normalized spacial score (nSPS) is 12.4. The van der Waals surface area contributed by atoms with E-state index in [9.17, 15) is 26.3 Å². The van der Waals surface area contributed by atoms with Crippen LogP contribution in [0.2, 0.25) is 0 Å². The van der Waals surface area contributed by atoms with Crippen LogP contribution in [0.5, 0.6) is 11.5 Å². The number of para-hydroxylation sites is 1. The first-order valence-corrected chi connectivity index (χ1v) is 10.6. The van der Waals surface area contributed by atoms with Gasteiger partial charge in [-0.25, -0.2) is 0 Å². The molecule has 0 bridgehead atoms. The minimum Gasteiger partial charge on any atom is -0.457 e. The molecule has 0 spiro atoms. The summed E-state index contributed by atoms with van der Waals surface area (Å²) in [5.74, 6) is -0.369. The van der Waals surface area contributed by atoms with Gasteiger partial charge in [-0.15, -0.1) is 0 Å². The highest BCUT2D eigenvalue weighted by Gasteiger charge is 2.36. The van der Waals surface area contributed by atoms with E-state index >= 15 is 0 Å². The van der Waals surface area contributed by atoms with Crippen molar-refractivity contribution in [1.29, 1.82) is 0 Å². The Hall–Kier alpha value is -4.34. The van der Waals surface area contributed by atoms with Gasteiger partial charge < -0.3 is 20.8 Å². The molecule has 5 aromatic rings. The summed E-state index contributed by atoms with van der Waals surface area (Å²) < 4.78 is 89.2. The van der Waals surface area contributed by atoms with Crippen molar-refractivity contribution in [1.82, 2.24) is 4.57 Å². The summed E-state index contributed by atoms with van der Waals surface area (Å²) in [6.07, 6.45) is -9.37. The molecule has 1 aromatic heterocycles. The number of nitrogens with two attached hydrogens (primary N) is 2. The molecule has 0 aliphatic carbocycles. The molecule has 0 fully saturated rings. The number of fused-ring (bicyclic) bond motifs is 3. The van der Waals surface area contributed by atoms with Gasteiger partial charge in [-0.1, -0.05) is 18.2 Å². The van der Waals surface area contributed by atoms with Gasteiger partial charge in [0.05, 0.1) is 22.3 Å². The van der Waals surface area contributed by atoms with E-state index in [2.05, 4.69) is 0 Å². The Morgan fingerprint density at radius 2 is 1.22 bits per heavy atom. The summed E-state index contributed by atoms with van der Waals surface area (Å²) in [7, 11) is 0. The van der Waals surface area contributed by atoms with Gasteiger partial charge in [0.2, 0.25) is 0 Å². The molecule has 4 aromatic carbocycles. The number of nitrogen functional groups attached to an aromatic ring is 2. The zero-order valence-electron chi connectivity index (χ0n) is 18.3. The molecule has 4 nitrogen and oxygen atoms in total. The van der Waals surface area contributed by atoms with Crippen LogP contribution in [-0.2, 0) is 12.4 Å². The molecule has 0 radical (unpaired) electrons. The lowest BCUT2D eigenvalue weighted by Crippen LogP contribution is -2.11. The molecule has 0 aliphatic heterocycles. The van der Waals surface area contributed by atoms with Gasteiger partial charge in [0.1, 0.15) is 17.1 Å². The Kier molecular flexibility index (Phi) is 5.27. The van der Waals surface area contributed by atoms with Gasteiger partial charge >= 0.3 is 12.4 Å². The number of nitrogens with zero attached hydrogens (tertiary/aromatic N) is 1. The first kappa shape index (κ1) is 23.4. The van der Waals surface area contributed by atoms with Crippen LogP contribution in [0.4, 0.5) is 37.7 Å². The third-order valence-electron chi connectivity index (χ3n) is 5.75. The monoisotopic (exact) mass is 501 g/mol. The van der Waals surface area contributed by atoms with Crippen LogP contribution >= 0.6 is 0 Å². The Morgan fingerprint density at radius 3 is 1.92 bits per heavy atom. The number of benzene rings is 4. The van der Waals surface area contributed by atoms with Crippen molar-refractivity contribution in [3.05, 3.63) is 90.0 Å². The van der Waals surface area contributed by atoms with Crippen LogP contribution in [0.1, 0.15) is 11.1 Å². The molecular weight excluding hydrogens is 484 g/mol. The van der Waals surface area contributed by atoms with E-state index < -0.39 is 29.2 Å². The van der Waals surface area contributed by atoms with Crippen molar-refractivity contribution < 1.29 is 31.1 Å². The molecule has 0 amide bonds. The first-order chi connectivity index (χ1) is 16.9. The molecule has 4 N–H and O–H groups in total. The van der Waals surface area contributed by atoms with Gasteiger partial charge in [0, 0.05) is 22.1 Å². The Balaban J connectivity index is 1.71. The average Bonchev–Trinajstić information content (AvgIpc) is 3.13. The second kappa shape index (κ2) is 8.11. The van der Waals surface area contributed by atoms with Crippen LogP contribution in [0, 0.1) is 0 Å². The lowest BCUT2D eigenvalue weighted by Gasteiger charge is -2.17. The third kappa shape index (κ3) is 4.04. The number of ether oxygens (including phenoxy) is 1. The van der Waals surface area contributed by atoms with E-state index in [0.717, 1.165) is 18.2 Å². The summed E-state index contributed by atoms with van der Waals surface area (Å²) in [4.78, 5) is 0. The predicted molar refractivity (Wildman–Crippen MR) is 126 cm³/mol. The quantitative estimate of drug-likeness (QED) is 0.196. The van der Waals surface area contributed by atoms with Gasteiger partial charge in [0.15, 0.2) is 0 Å². The second-order valence-electron chi connectivity index (χ2n) is 8.16. The summed E-state index contributed by atoms with van der Waals surface area (Å²) in [6.45, 7) is 0. The van der Waals surface area contributed by atoms with Crippen LogP contribution in [-0.4, -0.2) is 4.57 Å². The highest BCUT2D eigenvalue weighted by Crippen LogP contribution is 2.42. The van der Waals surface area contributed by atoms with Gasteiger partial charge in [-0.3, -0.25) is 0 Å². The number of aromatic nitrogens is 1. The summed E-state index contributed by atoms with van der Waals surface area (Å²) >= 11 is 0. The summed E-state index contributed by atoms with van der Waals surface area (Å²) in [6, 6.07) is 17.9. The minimum atomic E-state index is -4.70. The number of hydrogen-bond acceptors (Lipinski definition) is 3. The SMILES string of the molecule is Nc1ccc(Oc2ccc3c(c2)c2ccccc2n3-c2ccc(N)cc2C(F)(F)F)c(C(F)(F)F)c1. The molecule has 36 heavy (non-hydrogen) atoms. The molecule has 0 unspecified atom stereocenters. The van der Waals surface area contributed by atoms with E-state index in [1.165, 1.54) is 41.0 Å². The van der Waals surface area contributed by atoms with Gasteiger partial charge in [0.25, 0.3) is 0 Å². The number of alkyl halides is 6. The van der Waals surface area contributed by atoms with E-state index in [4.69, 9.17) is 16.2 Å². The van der Waals surface area contributed by atoms with E-state index in [-0.39, 0.29) is 22.8 Å². The number of hydrogen-bond donors (Lipinski definition) is 2. The fourth-order valence-corrected chi connectivity index (χ4v) is 4.24. The van der Waals surface area contributed by atoms with Crippen LogP contribution < -0.4 is 16.2 Å². The first-order valence-electron chi connectivity index (χ1n) is 10.6. The Labute approximate surface area is 200 Å². The topological polar surface area (TPSA) is 66.2 Å². The smallest absolute Gasteiger partial charge is 0.420 e. The Morgan fingerprint density at radius 1 is 0.611 bits per heavy atom. The van der Waals surface area contributed by atoms with Crippen molar-refractivity contribution in [2.45, 2.75) is 12.4 Å². The number of anilines is 2. The standard InChI is InChI=1S/C26H17F6N3O/c27-25(28,29)19-11-14(33)5-8-23(19)35-21-4-2-1-3-17(21)18-13-16(7-9-22(18)35)36-24-10-6-15(34)12-20(24)26(30,31)32/h1-13H,33-34H2. The summed E-state index contributed by atoms with van der Waals surface area (Å²) in [5, 5.41) is 1.09. The molecule has 10 heteroatoms. The van der Waals surface area contributed by atoms with E-state index in [1.54, 1.807) is 24.3 Å². The fraction of sp³-hybridized carbons (Fsp3) is 0.0769. The summed E-state index contributed by atoms with van der Waals surface area (Å²) in [5.41, 5.74) is 9.84. The van der Waals surface area contributed by atoms with Crippen molar-refractivity contribution in [2.24, 2.45) is 0 Å². The zero-order valence-corrected chi connectivity index (χ0v) is 18.3. The number of rotatable bonds is 3. The molecule has 0 atom stereocenters. The van der Waals surface area contributed by atoms with Crippen molar-refractivity contribution in [2.75, 3.05) is 11.5 Å². The maximum atomic E-state index is 13.9. The fourth-order valence-electron chi connectivity index (χ4n) is 4.24. The maximum absolute atomic E-state index is 13.9. The highest BCUT2D eigenvalue weighted by atomic mass is 19.4. The molecule has 184 valence electrons. The zero-order chi connectivity index (χ0) is 25.8. The van der Waals surface area contributed by atoms with Crippen molar-refractivity contribution in [3.63, 3.8) is 0 Å². The average molecular weight is 501 g/mol. The van der Waals surface area contributed by atoms with Crippen LogP contribution in [0.25, 0.3) is 27.5 Å². The molecule has 5 rings (SSSR count). The maximum Gasteiger partial charge on any atom is 0.420 e. The van der Waals surface area contributed by atoms with Crippen LogP contribution in [0.3, 0.4) is 0 Å². The lowest BCUT2D eigenvalue weighted by molar-refractivity contribution is -0.139. The highest BCUT2D eigenvalue weighted by molar-refractivity contribution is 6.09. The van der Waals surface area contributed by atoms with Crippen LogP contribution in [0.15, 0.2) is 78.9 Å². The van der Waals surface area contributed by atoms with Crippen molar-refractivity contribution in [3.8, 4) is 17.2 Å². The molecular formula is C26H17F6N3O. The van der Waals surface area contributed by atoms with Crippen molar-refractivity contribution >= 4 is 33.2 Å². The third-order valence-corrected chi connectivity index (χ3v) is 5.75. The molecule has 0 aliphatic rings. The van der Waals surface area contributed by atoms with Gasteiger partial charge in [-0.05, 0) is 60.7 Å². The second-order valence-corrected chi connectivity index (χ2v) is 8.16. The van der Waals surface area contributed by atoms with E-state index in [0.29, 0.717) is 21.8 Å². The minimum absolute atomic E-state index is 0.0357. The molecule has 0 saturated carbocycles. The van der Waals surface area contributed by atoms with E-state index in [1.807, 2.05) is 0 Å². The molecule has 1 heterocycles. The van der Waals surface area contributed by atoms with Gasteiger partial charge in [-0.2, -0.15) is 26.3 Å². The number of halogens is 6. The largest absolute Gasteiger partial charge is 0.457 e. The Bertz CT molecular complexity index is 1620.